The molecule has 0 fully saturated rings. The second-order valence-electron chi connectivity index (χ2n) is 6.55. The molecule has 0 aliphatic heterocycles. The van der Waals surface area contributed by atoms with Gasteiger partial charge in [0.05, 0.1) is 5.56 Å². The first-order chi connectivity index (χ1) is 12.2. The van der Waals surface area contributed by atoms with Crippen LogP contribution in [0.15, 0.2) is 48.5 Å². The predicted octanol–water partition coefficient (Wildman–Crippen LogP) is 5.68. The van der Waals surface area contributed by atoms with E-state index in [-0.39, 0.29) is 0 Å². The molecule has 0 unspecified atom stereocenters. The first kappa shape index (κ1) is 19.2. The number of aryl methyl sites for hydroxylation is 1. The van der Waals surface area contributed by atoms with Gasteiger partial charge in [0.1, 0.15) is 0 Å². The van der Waals surface area contributed by atoms with Crippen molar-refractivity contribution in [2.24, 2.45) is 5.90 Å². The topological polar surface area (TPSA) is 52.3 Å². The lowest BCUT2D eigenvalue weighted by atomic mass is 10.00. The maximum absolute atomic E-state index is 11.4. The van der Waals surface area contributed by atoms with Gasteiger partial charge in [-0.2, -0.15) is 5.90 Å². The molecule has 0 aliphatic rings. The lowest BCUT2D eigenvalue weighted by Gasteiger charge is -2.06. The van der Waals surface area contributed by atoms with Gasteiger partial charge in [-0.25, -0.2) is 4.79 Å². The Hall–Kier alpha value is -2.13. The van der Waals surface area contributed by atoms with Gasteiger partial charge in [-0.15, -0.1) is 0 Å². The van der Waals surface area contributed by atoms with E-state index in [9.17, 15) is 4.79 Å². The molecule has 0 saturated heterocycles. The summed E-state index contributed by atoms with van der Waals surface area (Å²) in [5.74, 6) is 4.38. The summed E-state index contributed by atoms with van der Waals surface area (Å²) in [7, 11) is 0. The van der Waals surface area contributed by atoms with E-state index in [0.29, 0.717) is 5.56 Å². The van der Waals surface area contributed by atoms with Gasteiger partial charge in [0.2, 0.25) is 0 Å². The average molecular weight is 339 g/mol. The molecule has 0 aliphatic carbocycles. The fourth-order valence-corrected chi connectivity index (χ4v) is 3.02. The second-order valence-corrected chi connectivity index (χ2v) is 6.55. The standard InChI is InChI=1S/C22H29NO2/c1-2-3-4-5-6-7-8-9-18-10-12-19(13-11-18)20-14-16-21(17-15-20)22(24)25-23/h10-17H,2-9,23H2,1H3. The first-order valence-electron chi connectivity index (χ1n) is 9.35. The molecule has 0 saturated carbocycles. The zero-order valence-corrected chi connectivity index (χ0v) is 15.2. The van der Waals surface area contributed by atoms with E-state index in [4.69, 9.17) is 5.90 Å². The molecule has 0 heterocycles. The summed E-state index contributed by atoms with van der Waals surface area (Å²) >= 11 is 0. The Balaban J connectivity index is 1.80. The molecule has 2 N–H and O–H groups in total. The van der Waals surface area contributed by atoms with Crippen LogP contribution in [-0.2, 0) is 11.3 Å². The molecule has 0 spiro atoms. The highest BCUT2D eigenvalue weighted by Gasteiger charge is 2.06. The number of rotatable bonds is 10. The monoisotopic (exact) mass is 339 g/mol. The van der Waals surface area contributed by atoms with Crippen LogP contribution in [-0.4, -0.2) is 5.97 Å². The number of unbranched alkanes of at least 4 members (excludes halogenated alkanes) is 6. The van der Waals surface area contributed by atoms with E-state index in [1.807, 2.05) is 12.1 Å². The van der Waals surface area contributed by atoms with Gasteiger partial charge >= 0.3 is 5.97 Å². The Morgan fingerprint density at radius 2 is 1.32 bits per heavy atom. The minimum Gasteiger partial charge on any atom is -0.370 e. The van der Waals surface area contributed by atoms with Gasteiger partial charge in [-0.05, 0) is 41.7 Å². The van der Waals surface area contributed by atoms with Gasteiger partial charge in [0, 0.05) is 0 Å². The van der Waals surface area contributed by atoms with Crippen molar-refractivity contribution < 1.29 is 9.63 Å². The summed E-state index contributed by atoms with van der Waals surface area (Å²) in [6, 6.07) is 16.0. The van der Waals surface area contributed by atoms with Gasteiger partial charge in [-0.1, -0.05) is 81.8 Å². The third-order valence-corrected chi connectivity index (χ3v) is 4.58. The molecule has 0 amide bonds. The van der Waals surface area contributed by atoms with Gasteiger partial charge < -0.3 is 4.84 Å². The number of benzene rings is 2. The van der Waals surface area contributed by atoms with Crippen LogP contribution in [0.3, 0.4) is 0 Å². The van der Waals surface area contributed by atoms with Crippen molar-refractivity contribution in [1.82, 2.24) is 0 Å². The summed E-state index contributed by atoms with van der Waals surface area (Å²) in [6.07, 6.45) is 10.5. The van der Waals surface area contributed by atoms with E-state index in [0.717, 1.165) is 17.5 Å². The van der Waals surface area contributed by atoms with Crippen molar-refractivity contribution in [3.8, 4) is 11.1 Å². The molecule has 0 atom stereocenters. The van der Waals surface area contributed by atoms with Crippen molar-refractivity contribution in [3.63, 3.8) is 0 Å². The van der Waals surface area contributed by atoms with E-state index in [1.165, 1.54) is 50.5 Å². The Bertz CT molecular complexity index is 632. The molecule has 2 aromatic rings. The average Bonchev–Trinajstić information content (AvgIpc) is 2.67. The third-order valence-electron chi connectivity index (χ3n) is 4.58. The number of hydrogen-bond donors (Lipinski definition) is 1. The molecule has 2 aromatic carbocycles. The van der Waals surface area contributed by atoms with Crippen LogP contribution in [0.1, 0.15) is 67.8 Å². The summed E-state index contributed by atoms with van der Waals surface area (Å²) in [6.45, 7) is 2.26. The maximum Gasteiger partial charge on any atom is 0.356 e. The van der Waals surface area contributed by atoms with Gasteiger partial charge in [0.25, 0.3) is 0 Å². The van der Waals surface area contributed by atoms with Crippen LogP contribution in [0, 0.1) is 0 Å². The van der Waals surface area contributed by atoms with E-state index in [2.05, 4.69) is 36.0 Å². The third kappa shape index (κ3) is 6.35. The van der Waals surface area contributed by atoms with E-state index in [1.54, 1.807) is 12.1 Å². The minimum absolute atomic E-state index is 0.460. The van der Waals surface area contributed by atoms with Crippen molar-refractivity contribution in [2.75, 3.05) is 0 Å². The molecular weight excluding hydrogens is 310 g/mol. The zero-order chi connectivity index (χ0) is 17.9. The van der Waals surface area contributed by atoms with Crippen LogP contribution < -0.4 is 5.90 Å². The van der Waals surface area contributed by atoms with Crippen LogP contribution in [0.2, 0.25) is 0 Å². The van der Waals surface area contributed by atoms with Crippen LogP contribution in [0.25, 0.3) is 11.1 Å². The molecule has 3 heteroatoms. The SMILES string of the molecule is CCCCCCCCCc1ccc(-c2ccc(C(=O)ON)cc2)cc1. The highest BCUT2D eigenvalue weighted by atomic mass is 16.7. The van der Waals surface area contributed by atoms with Crippen molar-refractivity contribution in [2.45, 2.75) is 58.3 Å². The number of carbonyl (C=O) groups is 1. The van der Waals surface area contributed by atoms with Crippen molar-refractivity contribution >= 4 is 5.97 Å². The lowest BCUT2D eigenvalue weighted by molar-refractivity contribution is 0.0503. The predicted molar refractivity (Wildman–Crippen MR) is 103 cm³/mol. The molecule has 2 rings (SSSR count). The van der Waals surface area contributed by atoms with Crippen molar-refractivity contribution in [1.29, 1.82) is 0 Å². The second kappa shape index (κ2) is 10.7. The first-order valence-corrected chi connectivity index (χ1v) is 9.35. The number of hydrogen-bond acceptors (Lipinski definition) is 3. The zero-order valence-electron chi connectivity index (χ0n) is 15.2. The minimum atomic E-state index is -0.517. The molecule has 134 valence electrons. The number of nitrogens with two attached hydrogens (primary N) is 1. The fraction of sp³-hybridized carbons (Fsp3) is 0.409. The van der Waals surface area contributed by atoms with Gasteiger partial charge in [0.15, 0.2) is 0 Å². The van der Waals surface area contributed by atoms with Crippen LogP contribution in [0.5, 0.6) is 0 Å². The molecule has 25 heavy (non-hydrogen) atoms. The highest BCUT2D eigenvalue weighted by Crippen LogP contribution is 2.21. The summed E-state index contributed by atoms with van der Waals surface area (Å²) in [5.41, 5.74) is 4.08. The highest BCUT2D eigenvalue weighted by molar-refractivity contribution is 5.89. The maximum atomic E-state index is 11.4. The fourth-order valence-electron chi connectivity index (χ4n) is 3.02. The van der Waals surface area contributed by atoms with Crippen LogP contribution in [0.4, 0.5) is 0 Å². The summed E-state index contributed by atoms with van der Waals surface area (Å²) in [4.78, 5) is 15.6. The molecule has 0 aromatic heterocycles. The lowest BCUT2D eigenvalue weighted by Crippen LogP contribution is -2.09. The van der Waals surface area contributed by atoms with Gasteiger partial charge in [-0.3, -0.25) is 0 Å². The normalized spacial score (nSPS) is 10.6. The van der Waals surface area contributed by atoms with Crippen LogP contribution >= 0.6 is 0 Å². The van der Waals surface area contributed by atoms with E-state index < -0.39 is 5.97 Å². The number of carbonyl (C=O) groups excluding carboxylic acids is 1. The molecular formula is C22H29NO2. The summed E-state index contributed by atoms with van der Waals surface area (Å²) in [5, 5.41) is 0. The molecule has 3 nitrogen and oxygen atoms in total. The Morgan fingerprint density at radius 1 is 0.800 bits per heavy atom. The smallest absolute Gasteiger partial charge is 0.356 e. The Morgan fingerprint density at radius 3 is 1.88 bits per heavy atom. The Labute approximate surface area is 151 Å². The molecule has 0 bridgehead atoms. The van der Waals surface area contributed by atoms with E-state index >= 15 is 0 Å². The summed E-state index contributed by atoms with van der Waals surface area (Å²) < 4.78 is 0. The molecule has 0 radical (unpaired) electrons. The quantitative estimate of drug-likeness (QED) is 0.448. The Kier molecular flexibility index (Phi) is 8.20. The van der Waals surface area contributed by atoms with Crippen molar-refractivity contribution in [3.05, 3.63) is 59.7 Å². The largest absolute Gasteiger partial charge is 0.370 e.